The molecule has 3 rings (SSSR count). The molecule has 0 aliphatic carbocycles. The predicted molar refractivity (Wildman–Crippen MR) is 213 cm³/mol. The Labute approximate surface area is 330 Å². The van der Waals surface area contributed by atoms with Crippen LogP contribution in [0.5, 0.6) is 11.5 Å². The summed E-state index contributed by atoms with van der Waals surface area (Å²) in [6.45, 7) is 10.4. The fraction of sp³-hybridized carbons (Fsp3) is 0.512. The molecule has 3 amide bonds. The summed E-state index contributed by atoms with van der Waals surface area (Å²) in [5, 5.41) is 6.61. The van der Waals surface area contributed by atoms with Gasteiger partial charge in [-0.25, -0.2) is 4.79 Å². The van der Waals surface area contributed by atoms with Crippen LogP contribution in [0.3, 0.4) is 0 Å². The quantitative estimate of drug-likeness (QED) is 0.0253. The number of unbranched alkanes of at least 4 members (excludes halogenated alkanes) is 4. The summed E-state index contributed by atoms with van der Waals surface area (Å²) in [4.78, 5) is 57.4. The maximum Gasteiger partial charge on any atom is 0.363 e. The van der Waals surface area contributed by atoms with Gasteiger partial charge in [0, 0.05) is 5.56 Å². The number of nitrogens with zero attached hydrogens (tertiary/aromatic N) is 1. The minimum Gasteiger partial charge on any atom is -0.497 e. The van der Waals surface area contributed by atoms with Crippen LogP contribution in [0.4, 0.5) is 0 Å². The number of hydrogen-bond donors (Lipinski definition) is 2. The predicted octanol–water partition coefficient (Wildman–Crippen LogP) is 7.81. The minimum atomic E-state index is -3.72. The average molecular weight is 800 g/mol. The van der Waals surface area contributed by atoms with Gasteiger partial charge in [-0.05, 0) is 87.2 Å². The number of furan rings is 1. The van der Waals surface area contributed by atoms with Crippen molar-refractivity contribution < 1.29 is 51.5 Å². The molecule has 2 N–H and O–H groups in total. The van der Waals surface area contributed by atoms with Gasteiger partial charge in [-0.3, -0.25) is 18.9 Å². The molecule has 0 unspecified atom stereocenters. The van der Waals surface area contributed by atoms with Crippen LogP contribution >= 0.6 is 7.60 Å². The van der Waals surface area contributed by atoms with Crippen LogP contribution in [0.1, 0.15) is 113 Å². The molecule has 2 atom stereocenters. The number of methoxy groups -OCH3 is 1. The number of hydroxylamine groups is 2. The molecule has 0 fully saturated rings. The Balaban J connectivity index is 1.74. The summed E-state index contributed by atoms with van der Waals surface area (Å²) in [6.07, 6.45) is 6.75. The standard InChI is InChI=1S/C41H58N3O11P/c1-7-12-15-16-35(36(10-4)44(29-45)55-41(48)30-17-19-32(50-6)20-18-30)39(46)42-28-43-40(47)38-22-21-37(54-38)31-25-33(51-11-5)27-34(26-31)56(49,52-23-13-8-2)53-24-14-9-3/h17-22,25-27,29,35-36H,7-16,23-24,28H2,1-6H3,(H,42,46)(H,43,47)/t35-,36-/m1/s1. The van der Waals surface area contributed by atoms with Crippen molar-refractivity contribution >= 4 is 37.1 Å². The zero-order valence-electron chi connectivity index (χ0n) is 33.5. The molecule has 15 heteroatoms. The topological polar surface area (TPSA) is 172 Å². The van der Waals surface area contributed by atoms with Crippen molar-refractivity contribution in [3.63, 3.8) is 0 Å². The van der Waals surface area contributed by atoms with E-state index in [1.54, 1.807) is 43.3 Å². The molecule has 0 aliphatic rings. The van der Waals surface area contributed by atoms with Crippen LogP contribution in [0.15, 0.2) is 59.0 Å². The van der Waals surface area contributed by atoms with E-state index in [9.17, 15) is 23.7 Å². The Hall–Kier alpha value is -4.65. The van der Waals surface area contributed by atoms with Crippen LogP contribution < -0.4 is 25.4 Å². The monoisotopic (exact) mass is 799 g/mol. The number of rotatable bonds is 27. The van der Waals surface area contributed by atoms with Crippen molar-refractivity contribution in [2.75, 3.05) is 33.6 Å². The van der Waals surface area contributed by atoms with E-state index >= 15 is 0 Å². The summed E-state index contributed by atoms with van der Waals surface area (Å²) < 4.78 is 42.7. The smallest absolute Gasteiger partial charge is 0.363 e. The second kappa shape index (κ2) is 24.1. The summed E-state index contributed by atoms with van der Waals surface area (Å²) >= 11 is 0. The second-order valence-corrected chi connectivity index (χ2v) is 15.1. The summed E-state index contributed by atoms with van der Waals surface area (Å²) in [6, 6.07) is 13.6. The van der Waals surface area contributed by atoms with Gasteiger partial charge in [0.25, 0.3) is 5.91 Å². The number of nitrogens with one attached hydrogen (secondary N) is 2. The third kappa shape index (κ3) is 13.5. The van der Waals surface area contributed by atoms with Gasteiger partial charge in [0.2, 0.25) is 12.3 Å². The van der Waals surface area contributed by atoms with Crippen molar-refractivity contribution in [2.24, 2.45) is 5.92 Å². The van der Waals surface area contributed by atoms with Crippen molar-refractivity contribution in [1.29, 1.82) is 0 Å². The van der Waals surface area contributed by atoms with Crippen LogP contribution in [0.2, 0.25) is 0 Å². The minimum absolute atomic E-state index is 0.0253. The molecule has 1 aromatic heterocycles. The van der Waals surface area contributed by atoms with E-state index in [-0.39, 0.29) is 31.2 Å². The number of hydrogen-bond acceptors (Lipinski definition) is 11. The van der Waals surface area contributed by atoms with Crippen molar-refractivity contribution in [2.45, 2.75) is 98.4 Å². The Bertz CT molecular complexity index is 1720. The van der Waals surface area contributed by atoms with Gasteiger partial charge < -0.3 is 38.4 Å². The molecular weight excluding hydrogens is 741 g/mol. The Kier molecular flexibility index (Phi) is 19.7. The molecular formula is C41H58N3O11P. The maximum absolute atomic E-state index is 14.1. The van der Waals surface area contributed by atoms with E-state index in [0.717, 1.165) is 30.7 Å². The summed E-state index contributed by atoms with van der Waals surface area (Å²) in [7, 11) is -2.21. The van der Waals surface area contributed by atoms with E-state index in [4.69, 9.17) is 27.8 Å². The molecule has 3 aromatic rings. The molecule has 2 aromatic carbocycles. The van der Waals surface area contributed by atoms with Gasteiger partial charge in [0.05, 0.1) is 56.4 Å². The molecule has 0 radical (unpaired) electrons. The number of benzene rings is 2. The molecule has 56 heavy (non-hydrogen) atoms. The zero-order chi connectivity index (χ0) is 40.9. The molecule has 0 spiro atoms. The third-order valence-corrected chi connectivity index (χ3v) is 10.9. The first kappa shape index (κ1) is 45.7. The molecule has 0 saturated heterocycles. The first-order chi connectivity index (χ1) is 27.1. The highest BCUT2D eigenvalue weighted by molar-refractivity contribution is 7.62. The average Bonchev–Trinajstić information content (AvgIpc) is 3.71. The SMILES string of the molecule is CCCCC[C@@H](C(=O)NCNC(=O)c1ccc(-c2cc(OCC)cc(P(=O)(OCCCC)OCCCC)c2)o1)[C@@H](CC)N(C=O)OC(=O)c1ccc(OC)cc1. The summed E-state index contributed by atoms with van der Waals surface area (Å²) in [5.74, 6) is -1.24. The summed E-state index contributed by atoms with van der Waals surface area (Å²) in [5.41, 5.74) is 0.711. The highest BCUT2D eigenvalue weighted by atomic mass is 31.2. The lowest BCUT2D eigenvalue weighted by Gasteiger charge is -2.31. The third-order valence-electron chi connectivity index (χ3n) is 8.95. The van der Waals surface area contributed by atoms with Gasteiger partial charge in [0.15, 0.2) is 5.76 Å². The van der Waals surface area contributed by atoms with E-state index in [1.165, 1.54) is 25.3 Å². The molecule has 0 bridgehead atoms. The van der Waals surface area contributed by atoms with Gasteiger partial charge in [-0.15, -0.1) is 0 Å². The largest absolute Gasteiger partial charge is 0.497 e. The highest BCUT2D eigenvalue weighted by Crippen LogP contribution is 2.49. The number of amides is 3. The molecule has 1 heterocycles. The molecule has 0 saturated carbocycles. The van der Waals surface area contributed by atoms with Crippen molar-refractivity contribution in [3.8, 4) is 22.8 Å². The second-order valence-electron chi connectivity index (χ2n) is 13.1. The van der Waals surface area contributed by atoms with Gasteiger partial charge in [0.1, 0.15) is 17.3 Å². The number of carbonyl (C=O) groups is 4. The van der Waals surface area contributed by atoms with Crippen molar-refractivity contribution in [3.05, 3.63) is 65.9 Å². The van der Waals surface area contributed by atoms with Crippen LogP contribution in [0.25, 0.3) is 11.3 Å². The first-order valence-corrected chi connectivity index (χ1v) is 21.1. The van der Waals surface area contributed by atoms with E-state index in [2.05, 4.69) is 10.6 Å². The fourth-order valence-electron chi connectivity index (χ4n) is 5.82. The van der Waals surface area contributed by atoms with Crippen LogP contribution in [-0.4, -0.2) is 68.9 Å². The van der Waals surface area contributed by atoms with E-state index < -0.39 is 37.3 Å². The fourth-order valence-corrected chi connectivity index (χ4v) is 7.51. The van der Waals surface area contributed by atoms with E-state index in [0.29, 0.717) is 73.2 Å². The molecule has 0 aliphatic heterocycles. The Morgan fingerprint density at radius 2 is 1.52 bits per heavy atom. The lowest BCUT2D eigenvalue weighted by Crippen LogP contribution is -2.49. The van der Waals surface area contributed by atoms with Gasteiger partial charge in [-0.1, -0.05) is 59.8 Å². The number of ether oxygens (including phenoxy) is 2. The number of carbonyl (C=O) groups excluding carboxylic acids is 4. The van der Waals surface area contributed by atoms with Gasteiger partial charge >= 0.3 is 13.6 Å². The maximum atomic E-state index is 14.1. The Morgan fingerprint density at radius 1 is 0.839 bits per heavy atom. The molecule has 14 nitrogen and oxygen atoms in total. The highest BCUT2D eigenvalue weighted by Gasteiger charge is 2.34. The van der Waals surface area contributed by atoms with E-state index in [1.807, 2.05) is 27.7 Å². The normalized spacial score (nSPS) is 12.3. The van der Waals surface area contributed by atoms with Gasteiger partial charge in [-0.2, -0.15) is 5.06 Å². The van der Waals surface area contributed by atoms with Crippen LogP contribution in [0, 0.1) is 5.92 Å². The Morgan fingerprint density at radius 3 is 2.11 bits per heavy atom. The zero-order valence-corrected chi connectivity index (χ0v) is 34.4. The lowest BCUT2D eigenvalue weighted by atomic mass is 9.90. The first-order valence-electron chi connectivity index (χ1n) is 19.5. The lowest BCUT2D eigenvalue weighted by molar-refractivity contribution is -0.171. The van der Waals surface area contributed by atoms with Crippen LogP contribution in [-0.2, 0) is 28.0 Å². The van der Waals surface area contributed by atoms with Crippen molar-refractivity contribution in [1.82, 2.24) is 15.7 Å². The molecule has 308 valence electrons.